The molecule has 1 aromatic heterocycles. The summed E-state index contributed by atoms with van der Waals surface area (Å²) in [6.45, 7) is 8.36. The van der Waals surface area contributed by atoms with E-state index in [0.717, 1.165) is 25.0 Å². The normalized spacial score (nSPS) is 12.2. The summed E-state index contributed by atoms with van der Waals surface area (Å²) in [7, 11) is 0. The number of hydrogen-bond acceptors (Lipinski definition) is 1. The molecular weight excluding hydrogens is 227 g/mol. The Morgan fingerprint density at radius 1 is 1.22 bits per heavy atom. The monoisotopic (exact) mass is 248 g/mol. The predicted octanol–water partition coefficient (Wildman–Crippen LogP) is 3.56. The molecule has 1 N–H and O–H groups in total. The summed E-state index contributed by atoms with van der Waals surface area (Å²) in [4.78, 5) is 0. The first-order valence-corrected chi connectivity index (χ1v) is 6.46. The van der Waals surface area contributed by atoms with E-state index in [-0.39, 0.29) is 11.4 Å². The van der Waals surface area contributed by atoms with Crippen LogP contribution >= 0.6 is 0 Å². The number of hydrogen-bond donors (Lipinski definition) is 1. The van der Waals surface area contributed by atoms with Gasteiger partial charge in [-0.25, -0.2) is 4.39 Å². The van der Waals surface area contributed by atoms with Crippen molar-refractivity contribution in [3.63, 3.8) is 0 Å². The molecule has 98 valence electrons. The molecular formula is C15H21FN2. The van der Waals surface area contributed by atoms with Gasteiger partial charge in [0.2, 0.25) is 0 Å². The van der Waals surface area contributed by atoms with Crippen LogP contribution in [0.2, 0.25) is 0 Å². The van der Waals surface area contributed by atoms with Crippen LogP contribution in [0, 0.1) is 5.82 Å². The molecule has 18 heavy (non-hydrogen) atoms. The van der Waals surface area contributed by atoms with Crippen LogP contribution < -0.4 is 5.32 Å². The third-order valence-corrected chi connectivity index (χ3v) is 2.99. The number of rotatable bonds is 4. The average molecular weight is 248 g/mol. The molecule has 2 aromatic rings. The first-order chi connectivity index (χ1) is 8.47. The second kappa shape index (κ2) is 5.11. The zero-order chi connectivity index (χ0) is 13.2. The van der Waals surface area contributed by atoms with E-state index in [1.54, 1.807) is 6.07 Å². The average Bonchev–Trinajstić information content (AvgIpc) is 2.68. The van der Waals surface area contributed by atoms with Gasteiger partial charge in [0.05, 0.1) is 5.52 Å². The van der Waals surface area contributed by atoms with Crippen LogP contribution in [0.4, 0.5) is 4.39 Å². The summed E-state index contributed by atoms with van der Waals surface area (Å²) >= 11 is 0. The van der Waals surface area contributed by atoms with Gasteiger partial charge in [-0.05, 0) is 51.9 Å². The van der Waals surface area contributed by atoms with E-state index in [4.69, 9.17) is 0 Å². The fourth-order valence-corrected chi connectivity index (χ4v) is 2.09. The Morgan fingerprint density at radius 2 is 2.00 bits per heavy atom. The Morgan fingerprint density at radius 3 is 2.72 bits per heavy atom. The van der Waals surface area contributed by atoms with Crippen molar-refractivity contribution in [1.82, 2.24) is 9.88 Å². The molecule has 0 saturated heterocycles. The number of aromatic nitrogens is 1. The SMILES string of the molecule is CC(C)(C)NCCCn1ccc2c(F)cccc21. The minimum absolute atomic E-state index is 0.140. The van der Waals surface area contributed by atoms with E-state index in [1.807, 2.05) is 18.3 Å². The van der Waals surface area contributed by atoms with E-state index < -0.39 is 0 Å². The van der Waals surface area contributed by atoms with Gasteiger partial charge in [0.25, 0.3) is 0 Å². The molecule has 3 heteroatoms. The van der Waals surface area contributed by atoms with Crippen LogP contribution in [0.25, 0.3) is 10.9 Å². The topological polar surface area (TPSA) is 17.0 Å². The van der Waals surface area contributed by atoms with Gasteiger partial charge in [0, 0.05) is 23.7 Å². The van der Waals surface area contributed by atoms with Crippen molar-refractivity contribution in [2.45, 2.75) is 39.3 Å². The number of nitrogens with zero attached hydrogens (tertiary/aromatic N) is 1. The minimum Gasteiger partial charge on any atom is -0.347 e. The lowest BCUT2D eigenvalue weighted by atomic mass is 10.1. The third-order valence-electron chi connectivity index (χ3n) is 2.99. The number of fused-ring (bicyclic) bond motifs is 1. The van der Waals surface area contributed by atoms with Gasteiger partial charge in [-0.15, -0.1) is 0 Å². The van der Waals surface area contributed by atoms with E-state index >= 15 is 0 Å². The van der Waals surface area contributed by atoms with E-state index in [9.17, 15) is 4.39 Å². The van der Waals surface area contributed by atoms with Crippen molar-refractivity contribution < 1.29 is 4.39 Å². The molecule has 0 amide bonds. The van der Waals surface area contributed by atoms with Gasteiger partial charge in [-0.1, -0.05) is 6.07 Å². The summed E-state index contributed by atoms with van der Waals surface area (Å²) in [5.74, 6) is -0.140. The van der Waals surface area contributed by atoms with E-state index in [0.29, 0.717) is 5.39 Å². The molecule has 0 radical (unpaired) electrons. The van der Waals surface area contributed by atoms with Crippen molar-refractivity contribution >= 4 is 10.9 Å². The lowest BCUT2D eigenvalue weighted by Gasteiger charge is -2.20. The first-order valence-electron chi connectivity index (χ1n) is 6.46. The van der Waals surface area contributed by atoms with Gasteiger partial charge in [0.1, 0.15) is 5.82 Å². The highest BCUT2D eigenvalue weighted by atomic mass is 19.1. The second-order valence-corrected chi connectivity index (χ2v) is 5.71. The fourth-order valence-electron chi connectivity index (χ4n) is 2.09. The molecule has 0 aliphatic carbocycles. The second-order valence-electron chi connectivity index (χ2n) is 5.71. The van der Waals surface area contributed by atoms with Gasteiger partial charge in [-0.3, -0.25) is 0 Å². The minimum atomic E-state index is -0.140. The maximum Gasteiger partial charge on any atom is 0.132 e. The molecule has 0 saturated carbocycles. The number of benzene rings is 1. The van der Waals surface area contributed by atoms with Crippen LogP contribution in [0.3, 0.4) is 0 Å². The first kappa shape index (κ1) is 13.1. The summed E-state index contributed by atoms with van der Waals surface area (Å²) in [5.41, 5.74) is 1.14. The zero-order valence-electron chi connectivity index (χ0n) is 11.3. The fraction of sp³-hybridized carbons (Fsp3) is 0.467. The Kier molecular flexibility index (Phi) is 3.71. The maximum absolute atomic E-state index is 13.5. The number of halogens is 1. The quantitative estimate of drug-likeness (QED) is 0.819. The number of aryl methyl sites for hydroxylation is 1. The Labute approximate surface area is 108 Å². The smallest absolute Gasteiger partial charge is 0.132 e. The van der Waals surface area contributed by atoms with Crippen LogP contribution in [0.1, 0.15) is 27.2 Å². The number of nitrogens with one attached hydrogen (secondary N) is 1. The molecule has 2 rings (SSSR count). The highest BCUT2D eigenvalue weighted by molar-refractivity contribution is 5.80. The van der Waals surface area contributed by atoms with Gasteiger partial charge in [0.15, 0.2) is 0 Å². The van der Waals surface area contributed by atoms with Crippen molar-refractivity contribution in [2.24, 2.45) is 0 Å². The third kappa shape index (κ3) is 3.10. The van der Waals surface area contributed by atoms with Gasteiger partial charge in [-0.2, -0.15) is 0 Å². The van der Waals surface area contributed by atoms with Crippen molar-refractivity contribution in [2.75, 3.05) is 6.54 Å². The molecule has 0 aliphatic heterocycles. The molecule has 1 aromatic carbocycles. The van der Waals surface area contributed by atoms with Crippen molar-refractivity contribution in [3.05, 3.63) is 36.3 Å². The lowest BCUT2D eigenvalue weighted by molar-refractivity contribution is 0.414. The Bertz CT molecular complexity index is 523. The summed E-state index contributed by atoms with van der Waals surface area (Å²) in [6.07, 6.45) is 3.00. The van der Waals surface area contributed by atoms with Crippen LogP contribution in [0.5, 0.6) is 0 Å². The predicted molar refractivity (Wildman–Crippen MR) is 74.3 cm³/mol. The maximum atomic E-state index is 13.5. The highest BCUT2D eigenvalue weighted by Crippen LogP contribution is 2.19. The molecule has 2 nitrogen and oxygen atoms in total. The molecule has 0 fully saturated rings. The van der Waals surface area contributed by atoms with E-state index in [1.165, 1.54) is 6.07 Å². The van der Waals surface area contributed by atoms with Crippen molar-refractivity contribution in [3.8, 4) is 0 Å². The lowest BCUT2D eigenvalue weighted by Crippen LogP contribution is -2.36. The Balaban J connectivity index is 1.98. The van der Waals surface area contributed by atoms with Gasteiger partial charge >= 0.3 is 0 Å². The Hall–Kier alpha value is -1.35. The summed E-state index contributed by atoms with van der Waals surface area (Å²) < 4.78 is 15.6. The molecule has 0 bridgehead atoms. The molecule has 0 atom stereocenters. The highest BCUT2D eigenvalue weighted by Gasteiger charge is 2.08. The van der Waals surface area contributed by atoms with Crippen LogP contribution in [-0.4, -0.2) is 16.7 Å². The zero-order valence-corrected chi connectivity index (χ0v) is 11.3. The molecule has 1 heterocycles. The van der Waals surface area contributed by atoms with Crippen LogP contribution in [-0.2, 0) is 6.54 Å². The van der Waals surface area contributed by atoms with E-state index in [2.05, 4.69) is 30.7 Å². The molecule has 0 aliphatic rings. The molecule has 0 unspecified atom stereocenters. The standard InChI is InChI=1S/C15H21FN2/c1-15(2,3)17-9-5-10-18-11-8-12-13(16)6-4-7-14(12)18/h4,6-8,11,17H,5,9-10H2,1-3H3. The van der Waals surface area contributed by atoms with Crippen LogP contribution in [0.15, 0.2) is 30.5 Å². The molecule has 0 spiro atoms. The summed E-state index contributed by atoms with van der Waals surface area (Å²) in [6, 6.07) is 7.09. The largest absolute Gasteiger partial charge is 0.347 e. The van der Waals surface area contributed by atoms with Gasteiger partial charge < -0.3 is 9.88 Å². The summed E-state index contributed by atoms with van der Waals surface area (Å²) in [5, 5.41) is 4.17. The van der Waals surface area contributed by atoms with Crippen molar-refractivity contribution in [1.29, 1.82) is 0 Å².